The Labute approximate surface area is 160 Å². The van der Waals surface area contributed by atoms with Gasteiger partial charge in [-0.25, -0.2) is 9.97 Å². The van der Waals surface area contributed by atoms with Crippen molar-refractivity contribution in [3.63, 3.8) is 0 Å². The van der Waals surface area contributed by atoms with E-state index in [9.17, 15) is 10.1 Å². The van der Waals surface area contributed by atoms with Crippen molar-refractivity contribution in [2.75, 3.05) is 12.4 Å². The molecule has 0 spiro atoms. The molecular formula is C21H16N4O3. The Hall–Kier alpha value is -4.00. The van der Waals surface area contributed by atoms with Gasteiger partial charge in [-0.15, -0.1) is 0 Å². The van der Waals surface area contributed by atoms with Gasteiger partial charge in [0, 0.05) is 23.1 Å². The summed E-state index contributed by atoms with van der Waals surface area (Å²) in [6.45, 7) is 0. The number of nitrogens with zero attached hydrogens (tertiary/aromatic N) is 3. The van der Waals surface area contributed by atoms with Gasteiger partial charge in [0.25, 0.3) is 5.69 Å². The number of nitrogens with one attached hydrogen (secondary N) is 1. The number of hydrogen-bond donors (Lipinski definition) is 1. The fourth-order valence-electron chi connectivity index (χ4n) is 2.97. The lowest BCUT2D eigenvalue weighted by Crippen LogP contribution is -2.01. The maximum atomic E-state index is 11.2. The molecule has 0 aliphatic heterocycles. The molecule has 0 aliphatic carbocycles. The zero-order valence-corrected chi connectivity index (χ0v) is 15.0. The maximum absolute atomic E-state index is 11.2. The molecule has 0 bridgehead atoms. The lowest BCUT2D eigenvalue weighted by atomic mass is 10.1. The van der Waals surface area contributed by atoms with E-state index in [1.165, 1.54) is 12.1 Å². The second kappa shape index (κ2) is 7.32. The van der Waals surface area contributed by atoms with E-state index in [0.29, 0.717) is 28.3 Å². The monoisotopic (exact) mass is 372 g/mol. The number of nitro benzene ring substituents is 1. The summed E-state index contributed by atoms with van der Waals surface area (Å²) in [5, 5.41) is 15.0. The van der Waals surface area contributed by atoms with Crippen molar-refractivity contribution < 1.29 is 9.66 Å². The Morgan fingerprint density at radius 3 is 2.46 bits per heavy atom. The Morgan fingerprint density at radius 1 is 0.964 bits per heavy atom. The van der Waals surface area contributed by atoms with Crippen molar-refractivity contribution in [2.45, 2.75) is 0 Å². The fraction of sp³-hybridized carbons (Fsp3) is 0.0476. The van der Waals surface area contributed by atoms with E-state index in [1.807, 2.05) is 54.6 Å². The normalized spacial score (nSPS) is 10.6. The van der Waals surface area contributed by atoms with Gasteiger partial charge in [0.2, 0.25) is 5.95 Å². The number of benzene rings is 3. The third-order valence-corrected chi connectivity index (χ3v) is 4.29. The van der Waals surface area contributed by atoms with Gasteiger partial charge in [-0.2, -0.15) is 0 Å². The summed E-state index contributed by atoms with van der Waals surface area (Å²) >= 11 is 0. The summed E-state index contributed by atoms with van der Waals surface area (Å²) in [4.78, 5) is 20.0. The number of non-ortho nitro benzene ring substituents is 1. The van der Waals surface area contributed by atoms with Crippen LogP contribution in [0.5, 0.6) is 5.75 Å². The molecule has 138 valence electrons. The predicted octanol–water partition coefficient (Wildman–Crippen LogP) is 4.96. The first-order valence-corrected chi connectivity index (χ1v) is 8.57. The zero-order chi connectivity index (χ0) is 19.5. The highest BCUT2D eigenvalue weighted by Crippen LogP contribution is 2.32. The van der Waals surface area contributed by atoms with Crippen LogP contribution in [-0.4, -0.2) is 22.0 Å². The molecule has 7 heteroatoms. The Balaban J connectivity index is 1.89. The fourth-order valence-corrected chi connectivity index (χ4v) is 2.97. The summed E-state index contributed by atoms with van der Waals surface area (Å²) in [6.07, 6.45) is 0. The first-order chi connectivity index (χ1) is 13.7. The van der Waals surface area contributed by atoms with Crippen LogP contribution in [-0.2, 0) is 0 Å². The molecule has 0 atom stereocenters. The van der Waals surface area contributed by atoms with E-state index in [0.717, 1.165) is 11.3 Å². The maximum Gasteiger partial charge on any atom is 0.270 e. The molecule has 0 radical (unpaired) electrons. The molecule has 28 heavy (non-hydrogen) atoms. The highest BCUT2D eigenvalue weighted by Gasteiger charge is 2.15. The molecule has 1 aromatic heterocycles. The van der Waals surface area contributed by atoms with Crippen molar-refractivity contribution >= 4 is 28.2 Å². The van der Waals surface area contributed by atoms with Crippen LogP contribution in [0, 0.1) is 10.1 Å². The molecule has 7 nitrogen and oxygen atoms in total. The van der Waals surface area contributed by atoms with Gasteiger partial charge in [-0.1, -0.05) is 42.5 Å². The van der Waals surface area contributed by atoms with Crippen LogP contribution in [0.1, 0.15) is 0 Å². The highest BCUT2D eigenvalue weighted by molar-refractivity contribution is 5.94. The van der Waals surface area contributed by atoms with Crippen LogP contribution in [0.25, 0.3) is 22.2 Å². The second-order valence-electron chi connectivity index (χ2n) is 6.05. The predicted molar refractivity (Wildman–Crippen MR) is 108 cm³/mol. The number of fused-ring (bicyclic) bond motifs is 1. The number of aromatic nitrogens is 2. The van der Waals surface area contributed by atoms with E-state index in [4.69, 9.17) is 4.74 Å². The first-order valence-electron chi connectivity index (χ1n) is 8.57. The molecule has 0 saturated carbocycles. The van der Waals surface area contributed by atoms with Crippen LogP contribution in [0.3, 0.4) is 0 Å². The third kappa shape index (κ3) is 3.33. The minimum atomic E-state index is -0.421. The number of methoxy groups -OCH3 is 1. The summed E-state index contributed by atoms with van der Waals surface area (Å²) in [6, 6.07) is 21.6. The van der Waals surface area contributed by atoms with Gasteiger partial charge in [0.15, 0.2) is 0 Å². The van der Waals surface area contributed by atoms with E-state index >= 15 is 0 Å². The lowest BCUT2D eigenvalue weighted by molar-refractivity contribution is -0.384. The summed E-state index contributed by atoms with van der Waals surface area (Å²) in [7, 11) is 1.59. The Morgan fingerprint density at radius 2 is 1.71 bits per heavy atom. The number of rotatable bonds is 5. The number of anilines is 2. The van der Waals surface area contributed by atoms with Gasteiger partial charge in [-0.05, 0) is 18.2 Å². The molecule has 0 unspecified atom stereocenters. The van der Waals surface area contributed by atoms with Gasteiger partial charge >= 0.3 is 0 Å². The van der Waals surface area contributed by atoms with Crippen LogP contribution in [0.15, 0.2) is 72.8 Å². The van der Waals surface area contributed by atoms with Crippen molar-refractivity contribution in [3.05, 3.63) is 82.9 Å². The Kier molecular flexibility index (Phi) is 4.55. The van der Waals surface area contributed by atoms with Crippen LogP contribution in [0.2, 0.25) is 0 Å². The molecule has 0 fully saturated rings. The minimum absolute atomic E-state index is 0.00119. The van der Waals surface area contributed by atoms with Gasteiger partial charge in [0.05, 0.1) is 28.9 Å². The molecular weight excluding hydrogens is 356 g/mol. The molecule has 0 saturated heterocycles. The van der Waals surface area contributed by atoms with Crippen molar-refractivity contribution in [3.8, 4) is 17.0 Å². The molecule has 3 aromatic carbocycles. The molecule has 1 heterocycles. The average molecular weight is 372 g/mol. The molecule has 0 amide bonds. The lowest BCUT2D eigenvalue weighted by Gasteiger charge is -2.12. The number of nitro groups is 1. The van der Waals surface area contributed by atoms with Crippen molar-refractivity contribution in [1.82, 2.24) is 9.97 Å². The van der Waals surface area contributed by atoms with E-state index in [-0.39, 0.29) is 5.69 Å². The second-order valence-corrected chi connectivity index (χ2v) is 6.05. The van der Waals surface area contributed by atoms with Crippen LogP contribution < -0.4 is 10.1 Å². The molecule has 4 rings (SSSR count). The van der Waals surface area contributed by atoms with Crippen LogP contribution in [0.4, 0.5) is 17.3 Å². The van der Waals surface area contributed by atoms with Crippen molar-refractivity contribution in [1.29, 1.82) is 0 Å². The molecule has 4 aromatic rings. The highest BCUT2D eigenvalue weighted by atomic mass is 16.6. The third-order valence-electron chi connectivity index (χ3n) is 4.29. The SMILES string of the molecule is COc1ccccc1Nc1nc(-c2ccccc2)c2cc([N+](=O)[O-])ccc2n1. The van der Waals surface area contributed by atoms with Gasteiger partial charge < -0.3 is 10.1 Å². The number of para-hydroxylation sites is 2. The molecule has 0 aliphatic rings. The van der Waals surface area contributed by atoms with E-state index in [1.54, 1.807) is 13.2 Å². The van der Waals surface area contributed by atoms with Gasteiger partial charge in [0.1, 0.15) is 5.75 Å². The van der Waals surface area contributed by atoms with Crippen molar-refractivity contribution in [2.24, 2.45) is 0 Å². The summed E-state index contributed by atoms with van der Waals surface area (Å²) in [5.41, 5.74) is 2.80. The quantitative estimate of drug-likeness (QED) is 0.393. The zero-order valence-electron chi connectivity index (χ0n) is 15.0. The van der Waals surface area contributed by atoms with Crippen LogP contribution >= 0.6 is 0 Å². The van der Waals surface area contributed by atoms with Gasteiger partial charge in [-0.3, -0.25) is 10.1 Å². The minimum Gasteiger partial charge on any atom is -0.495 e. The standard InChI is InChI=1S/C21H16N4O3/c1-28-19-10-6-5-9-18(19)23-21-22-17-12-11-15(25(26)27)13-16(17)20(24-21)14-7-3-2-4-8-14/h2-13H,1H3,(H,22,23,24). The smallest absolute Gasteiger partial charge is 0.270 e. The van der Waals surface area contributed by atoms with E-state index < -0.39 is 4.92 Å². The first kappa shape index (κ1) is 17.4. The summed E-state index contributed by atoms with van der Waals surface area (Å²) < 4.78 is 5.37. The summed E-state index contributed by atoms with van der Waals surface area (Å²) in [5.74, 6) is 1.04. The largest absolute Gasteiger partial charge is 0.495 e. The average Bonchev–Trinajstić information content (AvgIpc) is 2.74. The number of ether oxygens (including phenoxy) is 1. The Bertz CT molecular complexity index is 1160. The topological polar surface area (TPSA) is 90.2 Å². The molecule has 1 N–H and O–H groups in total. The van der Waals surface area contributed by atoms with E-state index in [2.05, 4.69) is 15.3 Å². The number of hydrogen-bond acceptors (Lipinski definition) is 6.